The number of hydrogen-bond donors (Lipinski definition) is 0. The highest BCUT2D eigenvalue weighted by atomic mass is 79.9. The van der Waals surface area contributed by atoms with Gasteiger partial charge in [0.15, 0.2) is 5.03 Å². The first kappa shape index (κ1) is 28.1. The largest absolute Gasteiger partial charge is 0.469 e. The molecular formula is C26H25BrCl2N4O5S. The van der Waals surface area contributed by atoms with Gasteiger partial charge in [0, 0.05) is 34.0 Å². The van der Waals surface area contributed by atoms with Crippen LogP contribution in [0.4, 0.5) is 11.6 Å². The number of nitrogens with zero attached hydrogens (tertiary/aromatic N) is 4. The van der Waals surface area contributed by atoms with Crippen molar-refractivity contribution in [3.63, 3.8) is 0 Å². The van der Waals surface area contributed by atoms with Crippen LogP contribution < -0.4 is 4.90 Å². The summed E-state index contributed by atoms with van der Waals surface area (Å²) in [5, 5.41) is 0.506. The molecule has 2 aliphatic heterocycles. The molecule has 13 heteroatoms. The fraction of sp³-hybridized carbons (Fsp3) is 0.346. The van der Waals surface area contributed by atoms with Gasteiger partial charge in [0.2, 0.25) is 5.95 Å². The molecule has 5 rings (SSSR count). The summed E-state index contributed by atoms with van der Waals surface area (Å²) in [6.07, 6.45) is 2.49. The van der Waals surface area contributed by atoms with Crippen molar-refractivity contribution in [2.45, 2.75) is 36.8 Å². The van der Waals surface area contributed by atoms with Crippen LogP contribution in [-0.2, 0) is 36.3 Å². The monoisotopic (exact) mass is 654 g/mol. The van der Waals surface area contributed by atoms with Gasteiger partial charge >= 0.3 is 5.97 Å². The van der Waals surface area contributed by atoms with E-state index in [1.807, 2.05) is 24.3 Å². The Kier molecular flexibility index (Phi) is 7.58. The Morgan fingerprint density at radius 3 is 2.49 bits per heavy atom. The number of benzene rings is 2. The van der Waals surface area contributed by atoms with Crippen molar-refractivity contribution >= 4 is 72.7 Å². The van der Waals surface area contributed by atoms with Crippen LogP contribution in [0.3, 0.4) is 0 Å². The van der Waals surface area contributed by atoms with Crippen LogP contribution in [0.15, 0.2) is 58.2 Å². The molecule has 1 amide bonds. The minimum absolute atomic E-state index is 0.0134. The third kappa shape index (κ3) is 4.99. The van der Waals surface area contributed by atoms with E-state index in [1.54, 1.807) is 25.1 Å². The smallest absolute Gasteiger partial charge is 0.309 e. The van der Waals surface area contributed by atoms with Crippen LogP contribution >= 0.6 is 39.1 Å². The standard InChI is InChI=1S/C26H25BrCl2N4O5S/c1-26(13-16-5-7-18(27)8-6-16)24(35)32(21-11-19(28)10-20(29)12-21)25-30-14-22(33(25)26)39(36,37)31-9-3-4-17(15-31)23(34)38-2/h5-8,10-12,14,17H,3-4,9,13,15H2,1-2H3. The molecule has 0 saturated carbocycles. The lowest BCUT2D eigenvalue weighted by molar-refractivity contribution is -0.146. The zero-order chi connectivity index (χ0) is 28.1. The second-order valence-corrected chi connectivity index (χ2v) is 13.5. The number of imidazole rings is 1. The normalized spacial score (nSPS) is 21.7. The molecule has 2 atom stereocenters. The van der Waals surface area contributed by atoms with Gasteiger partial charge in [-0.2, -0.15) is 4.31 Å². The van der Waals surface area contributed by atoms with E-state index in [0.29, 0.717) is 28.6 Å². The van der Waals surface area contributed by atoms with Crippen LogP contribution in [0.1, 0.15) is 25.3 Å². The second-order valence-electron chi connectivity index (χ2n) is 9.80. The number of hydrogen-bond acceptors (Lipinski definition) is 6. The van der Waals surface area contributed by atoms with Crippen molar-refractivity contribution in [2.75, 3.05) is 25.1 Å². The molecule has 2 aromatic carbocycles. The van der Waals surface area contributed by atoms with Crippen LogP contribution in [0.5, 0.6) is 0 Å². The first-order valence-corrected chi connectivity index (χ1v) is 15.2. The Labute approximate surface area is 244 Å². The van der Waals surface area contributed by atoms with Gasteiger partial charge in [0.1, 0.15) is 5.54 Å². The number of carbonyl (C=O) groups is 2. The van der Waals surface area contributed by atoms with Crippen molar-refractivity contribution in [1.29, 1.82) is 0 Å². The maximum Gasteiger partial charge on any atom is 0.309 e. The third-order valence-corrected chi connectivity index (χ3v) is 9.95. The fourth-order valence-corrected chi connectivity index (χ4v) is 7.75. The van der Waals surface area contributed by atoms with Gasteiger partial charge < -0.3 is 4.74 Å². The summed E-state index contributed by atoms with van der Waals surface area (Å²) in [6, 6.07) is 12.2. The Balaban J connectivity index is 1.64. The van der Waals surface area contributed by atoms with Crippen molar-refractivity contribution in [2.24, 2.45) is 5.92 Å². The molecule has 0 aliphatic carbocycles. The number of methoxy groups -OCH3 is 1. The number of rotatable bonds is 6. The van der Waals surface area contributed by atoms with E-state index in [2.05, 4.69) is 20.9 Å². The molecule has 0 N–H and O–H groups in total. The summed E-state index contributed by atoms with van der Waals surface area (Å²) in [5.74, 6) is -1.26. The van der Waals surface area contributed by atoms with E-state index >= 15 is 0 Å². The number of ether oxygens (including phenoxy) is 1. The molecule has 0 radical (unpaired) electrons. The molecule has 3 aromatic rings. The zero-order valence-electron chi connectivity index (χ0n) is 21.1. The first-order valence-electron chi connectivity index (χ1n) is 12.2. The van der Waals surface area contributed by atoms with E-state index in [4.69, 9.17) is 27.9 Å². The molecule has 2 unspecified atom stereocenters. The highest BCUT2D eigenvalue weighted by molar-refractivity contribution is 9.10. The molecular weight excluding hydrogens is 631 g/mol. The number of amides is 1. The molecule has 9 nitrogen and oxygen atoms in total. The lowest BCUT2D eigenvalue weighted by Crippen LogP contribution is -2.45. The highest BCUT2D eigenvalue weighted by Crippen LogP contribution is 2.45. The zero-order valence-corrected chi connectivity index (χ0v) is 25.0. The Morgan fingerprint density at radius 2 is 1.85 bits per heavy atom. The first-order chi connectivity index (χ1) is 18.5. The van der Waals surface area contributed by atoms with Gasteiger partial charge in [0.05, 0.1) is 24.9 Å². The van der Waals surface area contributed by atoms with Crippen molar-refractivity contribution in [3.05, 3.63) is 68.7 Å². The number of esters is 1. The topological polar surface area (TPSA) is 102 Å². The van der Waals surface area contributed by atoms with Gasteiger partial charge in [-0.15, -0.1) is 0 Å². The van der Waals surface area contributed by atoms with Gasteiger partial charge in [-0.25, -0.2) is 18.3 Å². The van der Waals surface area contributed by atoms with Crippen LogP contribution in [0, 0.1) is 5.92 Å². The Bertz CT molecular complexity index is 1540. The van der Waals surface area contributed by atoms with Gasteiger partial charge in [-0.05, 0) is 55.7 Å². The van der Waals surface area contributed by atoms with Gasteiger partial charge in [0.25, 0.3) is 15.9 Å². The van der Waals surface area contributed by atoms with Crippen LogP contribution in [0.25, 0.3) is 0 Å². The van der Waals surface area contributed by atoms with Crippen molar-refractivity contribution in [3.8, 4) is 0 Å². The average molecular weight is 656 g/mol. The molecule has 206 valence electrons. The number of sulfonamides is 1. The third-order valence-electron chi connectivity index (χ3n) is 7.16. The molecule has 0 bridgehead atoms. The number of aromatic nitrogens is 2. The van der Waals surface area contributed by atoms with Gasteiger partial charge in [-0.1, -0.05) is 51.3 Å². The van der Waals surface area contributed by atoms with E-state index in [0.717, 1.165) is 10.0 Å². The molecule has 2 aliphatic rings. The Morgan fingerprint density at radius 1 is 1.18 bits per heavy atom. The lowest BCUT2D eigenvalue weighted by atomic mass is 9.92. The summed E-state index contributed by atoms with van der Waals surface area (Å²) < 4.78 is 36.6. The highest BCUT2D eigenvalue weighted by Gasteiger charge is 2.52. The van der Waals surface area contributed by atoms with Crippen LogP contribution in [-0.4, -0.2) is 54.3 Å². The summed E-state index contributed by atoms with van der Waals surface area (Å²) in [7, 11) is -2.86. The van der Waals surface area contributed by atoms with E-state index < -0.39 is 27.4 Å². The quantitative estimate of drug-likeness (QED) is 0.340. The summed E-state index contributed by atoms with van der Waals surface area (Å²) in [4.78, 5) is 32.2. The minimum Gasteiger partial charge on any atom is -0.469 e. The average Bonchev–Trinajstić information content (AvgIpc) is 3.43. The van der Waals surface area contributed by atoms with E-state index in [-0.39, 0.29) is 36.4 Å². The Hall–Kier alpha value is -2.44. The number of halogens is 3. The second kappa shape index (κ2) is 10.5. The van der Waals surface area contributed by atoms with Gasteiger partial charge in [-0.3, -0.25) is 14.2 Å². The summed E-state index contributed by atoms with van der Waals surface area (Å²) >= 11 is 15.9. The van der Waals surface area contributed by atoms with E-state index in [1.165, 1.54) is 27.1 Å². The number of piperidine rings is 1. The predicted octanol–water partition coefficient (Wildman–Crippen LogP) is 5.16. The minimum atomic E-state index is -4.15. The molecule has 39 heavy (non-hydrogen) atoms. The number of carbonyl (C=O) groups excluding carboxylic acids is 2. The molecule has 0 spiro atoms. The molecule has 1 fully saturated rings. The lowest BCUT2D eigenvalue weighted by Gasteiger charge is -2.32. The fourth-order valence-electron chi connectivity index (χ4n) is 5.27. The number of fused-ring (bicyclic) bond motifs is 1. The molecule has 3 heterocycles. The van der Waals surface area contributed by atoms with Crippen LogP contribution in [0.2, 0.25) is 10.0 Å². The molecule has 1 aromatic heterocycles. The maximum absolute atomic E-state index is 14.2. The van der Waals surface area contributed by atoms with E-state index in [9.17, 15) is 18.0 Å². The van der Waals surface area contributed by atoms with Crippen molar-refractivity contribution in [1.82, 2.24) is 13.9 Å². The molecule has 1 saturated heterocycles. The maximum atomic E-state index is 14.2. The number of anilines is 2. The summed E-state index contributed by atoms with van der Waals surface area (Å²) in [5.41, 5.74) is -0.155. The summed E-state index contributed by atoms with van der Waals surface area (Å²) in [6.45, 7) is 1.92. The SMILES string of the molecule is COC(=O)C1CCCN(S(=O)(=O)c2cnc3n2C(C)(Cc2ccc(Br)cc2)C(=O)N3c2cc(Cl)cc(Cl)c2)C1. The van der Waals surface area contributed by atoms with Crippen molar-refractivity contribution < 1.29 is 22.7 Å². The predicted molar refractivity (Wildman–Crippen MR) is 151 cm³/mol.